The van der Waals surface area contributed by atoms with Gasteiger partial charge in [0.25, 0.3) is 11.2 Å². The Balaban J connectivity index is 1.80. The largest absolute Gasteiger partial charge is 0.452 e. The molecule has 0 aliphatic heterocycles. The van der Waals surface area contributed by atoms with Gasteiger partial charge in [-0.2, -0.15) is 26.3 Å². The molecule has 13 heteroatoms. The van der Waals surface area contributed by atoms with Gasteiger partial charge in [-0.05, 0) is 44.3 Å². The Morgan fingerprint density at radius 3 is 1.52 bits per heavy atom. The number of hydrogen-bond donors (Lipinski definition) is 0. The molecular formula is C45H58F6O7. The molecule has 0 N–H and O–H groups in total. The molecule has 0 saturated carbocycles. The SMILES string of the molecule is CC/C=C/CCCCCCCCCCCCCCC[C@]1(OC(=O)[C@@](OC)(c2ccccc2)C(F)(F)F)CC(=O)C=C[C@@H]1OC(=O)[C@@](OC)(c1ccccc1)C(F)(F)F. The Labute approximate surface area is 338 Å². The van der Waals surface area contributed by atoms with Gasteiger partial charge in [0.05, 0.1) is 6.42 Å². The van der Waals surface area contributed by atoms with Crippen molar-refractivity contribution in [3.05, 3.63) is 96.1 Å². The Hall–Kier alpha value is -3.97. The minimum absolute atomic E-state index is 0.182. The number of hydrogen-bond acceptors (Lipinski definition) is 7. The van der Waals surface area contributed by atoms with E-state index in [1.807, 2.05) is 0 Å². The number of rotatable bonds is 25. The Morgan fingerprint density at radius 1 is 0.655 bits per heavy atom. The summed E-state index contributed by atoms with van der Waals surface area (Å²) in [5, 5.41) is 0. The zero-order chi connectivity index (χ0) is 42.7. The van der Waals surface area contributed by atoms with Crippen molar-refractivity contribution in [1.29, 1.82) is 0 Å². The van der Waals surface area contributed by atoms with Crippen LogP contribution in [0.2, 0.25) is 0 Å². The van der Waals surface area contributed by atoms with Crippen LogP contribution in [0.4, 0.5) is 26.3 Å². The summed E-state index contributed by atoms with van der Waals surface area (Å²) in [6.45, 7) is 2.13. The molecule has 0 spiro atoms. The number of halogens is 6. The van der Waals surface area contributed by atoms with E-state index in [0.717, 1.165) is 81.4 Å². The van der Waals surface area contributed by atoms with Crippen molar-refractivity contribution in [2.75, 3.05) is 14.2 Å². The van der Waals surface area contributed by atoms with Crippen molar-refractivity contribution in [2.24, 2.45) is 0 Å². The molecule has 4 atom stereocenters. The summed E-state index contributed by atoms with van der Waals surface area (Å²) >= 11 is 0. The van der Waals surface area contributed by atoms with Crippen LogP contribution in [-0.2, 0) is 44.5 Å². The minimum Gasteiger partial charge on any atom is -0.452 e. The first-order valence-electron chi connectivity index (χ1n) is 20.3. The molecule has 0 amide bonds. The van der Waals surface area contributed by atoms with Crippen LogP contribution in [0.25, 0.3) is 0 Å². The van der Waals surface area contributed by atoms with Crippen LogP contribution < -0.4 is 0 Å². The summed E-state index contributed by atoms with van der Waals surface area (Å²) in [6, 6.07) is 11.9. The number of allylic oxidation sites excluding steroid dienone is 3. The molecule has 7 nitrogen and oxygen atoms in total. The van der Waals surface area contributed by atoms with E-state index in [1.54, 1.807) is 0 Å². The summed E-state index contributed by atoms with van der Waals surface area (Å²) in [5.41, 5.74) is -11.0. The third-order valence-electron chi connectivity index (χ3n) is 10.7. The summed E-state index contributed by atoms with van der Waals surface area (Å²) in [4.78, 5) is 40.8. The Morgan fingerprint density at radius 2 is 1.09 bits per heavy atom. The normalized spacial score (nSPS) is 19.5. The first kappa shape index (κ1) is 48.4. The number of ether oxygens (including phenoxy) is 4. The highest BCUT2D eigenvalue weighted by Gasteiger charge is 2.67. The van der Waals surface area contributed by atoms with Gasteiger partial charge in [-0.1, -0.05) is 150 Å². The average molecular weight is 825 g/mol. The van der Waals surface area contributed by atoms with Crippen LogP contribution in [0.3, 0.4) is 0 Å². The fourth-order valence-corrected chi connectivity index (χ4v) is 7.49. The van der Waals surface area contributed by atoms with Gasteiger partial charge in [0.15, 0.2) is 17.5 Å². The van der Waals surface area contributed by atoms with E-state index >= 15 is 0 Å². The number of ketones is 1. The number of esters is 2. The lowest BCUT2D eigenvalue weighted by atomic mass is 9.80. The molecule has 0 radical (unpaired) electrons. The molecular weight excluding hydrogens is 766 g/mol. The van der Waals surface area contributed by atoms with Crippen LogP contribution in [0.5, 0.6) is 0 Å². The van der Waals surface area contributed by atoms with Crippen LogP contribution in [0.1, 0.15) is 127 Å². The number of carbonyl (C=O) groups is 3. The van der Waals surface area contributed by atoms with Crippen molar-refractivity contribution in [1.82, 2.24) is 0 Å². The first-order chi connectivity index (χ1) is 27.6. The van der Waals surface area contributed by atoms with Gasteiger partial charge in [0, 0.05) is 25.3 Å². The van der Waals surface area contributed by atoms with Crippen molar-refractivity contribution >= 4 is 17.7 Å². The van der Waals surface area contributed by atoms with E-state index in [0.29, 0.717) is 27.1 Å². The van der Waals surface area contributed by atoms with Crippen molar-refractivity contribution in [3.8, 4) is 0 Å². The van der Waals surface area contributed by atoms with Gasteiger partial charge >= 0.3 is 24.3 Å². The van der Waals surface area contributed by atoms with Crippen molar-refractivity contribution < 1.29 is 59.7 Å². The highest BCUT2D eigenvalue weighted by atomic mass is 19.4. The molecule has 3 rings (SSSR count). The third-order valence-corrected chi connectivity index (χ3v) is 10.7. The summed E-state index contributed by atoms with van der Waals surface area (Å²) in [7, 11) is 1.34. The van der Waals surface area contributed by atoms with Crippen LogP contribution in [0.15, 0.2) is 85.0 Å². The summed E-state index contributed by atoms with van der Waals surface area (Å²) in [5.74, 6) is -4.63. The minimum atomic E-state index is -5.40. The van der Waals surface area contributed by atoms with Crippen LogP contribution in [-0.4, -0.2) is 56.0 Å². The zero-order valence-electron chi connectivity index (χ0n) is 33.8. The maximum Gasteiger partial charge on any atom is 0.432 e. The predicted molar refractivity (Wildman–Crippen MR) is 209 cm³/mol. The maximum atomic E-state index is 15.0. The predicted octanol–water partition coefficient (Wildman–Crippen LogP) is 11.7. The fourth-order valence-electron chi connectivity index (χ4n) is 7.49. The lowest BCUT2D eigenvalue weighted by Gasteiger charge is -2.43. The molecule has 1 aliphatic carbocycles. The lowest BCUT2D eigenvalue weighted by Crippen LogP contribution is -2.59. The number of unbranched alkanes of at least 4 members (excludes halogenated alkanes) is 13. The van der Waals surface area contributed by atoms with Crippen molar-refractivity contribution in [2.45, 2.75) is 151 Å². The van der Waals surface area contributed by atoms with Gasteiger partial charge in [0.2, 0.25) is 0 Å². The van der Waals surface area contributed by atoms with E-state index in [1.165, 1.54) is 68.5 Å². The van der Waals surface area contributed by atoms with Crippen LogP contribution >= 0.6 is 0 Å². The highest BCUT2D eigenvalue weighted by molar-refractivity contribution is 5.93. The van der Waals surface area contributed by atoms with E-state index in [2.05, 4.69) is 19.1 Å². The summed E-state index contributed by atoms with van der Waals surface area (Å²) in [6.07, 6.45) is 7.30. The van der Waals surface area contributed by atoms with E-state index < -0.39 is 70.5 Å². The van der Waals surface area contributed by atoms with Crippen LogP contribution in [0, 0.1) is 0 Å². The quantitative estimate of drug-likeness (QED) is 0.0426. The molecule has 0 unspecified atom stereocenters. The van der Waals surface area contributed by atoms with E-state index in [9.17, 15) is 40.7 Å². The van der Waals surface area contributed by atoms with Crippen molar-refractivity contribution in [3.63, 3.8) is 0 Å². The number of alkyl halides is 6. The van der Waals surface area contributed by atoms with Gasteiger partial charge < -0.3 is 18.9 Å². The second-order valence-corrected chi connectivity index (χ2v) is 14.8. The summed E-state index contributed by atoms with van der Waals surface area (Å²) < 4.78 is 110. The van der Waals surface area contributed by atoms with E-state index in [4.69, 9.17) is 18.9 Å². The number of methoxy groups -OCH3 is 2. The second-order valence-electron chi connectivity index (χ2n) is 14.8. The molecule has 0 bridgehead atoms. The second kappa shape index (κ2) is 23.0. The van der Waals surface area contributed by atoms with Gasteiger partial charge in [-0.25, -0.2) is 9.59 Å². The Kier molecular flexibility index (Phi) is 19.2. The smallest absolute Gasteiger partial charge is 0.432 e. The monoisotopic (exact) mass is 824 g/mol. The van der Waals surface area contributed by atoms with Gasteiger partial charge in [0.1, 0.15) is 0 Å². The lowest BCUT2D eigenvalue weighted by molar-refractivity contribution is -0.289. The van der Waals surface area contributed by atoms with E-state index in [-0.39, 0.29) is 12.8 Å². The molecule has 0 aromatic heterocycles. The fraction of sp³-hybridized carbons (Fsp3) is 0.578. The zero-order valence-corrected chi connectivity index (χ0v) is 33.8. The van der Waals surface area contributed by atoms with Gasteiger partial charge in [-0.3, -0.25) is 4.79 Å². The molecule has 1 aliphatic rings. The molecule has 0 heterocycles. The first-order valence-corrected chi connectivity index (χ1v) is 20.3. The standard InChI is InChI=1S/C45H58F6O7/c1-4-5-6-7-8-9-10-11-12-13-14-15-16-17-18-19-26-33-41(58-40(54)43(56-3,45(49,50)51)36-29-24-21-25-30-36)34-37(52)31-32-38(41)57-39(53)42(55-2,44(46,47)48)35-27-22-20-23-28-35/h5-6,20-25,27-32,38H,4,7-19,26,33-34H2,1-3H3/b6-5+/t38-,41-,42-,43-/m0/s1. The molecule has 2 aromatic rings. The Bertz CT molecular complexity index is 1610. The van der Waals surface area contributed by atoms with Gasteiger partial charge in [-0.15, -0.1) is 0 Å². The third kappa shape index (κ3) is 12.3. The molecule has 58 heavy (non-hydrogen) atoms. The number of benzene rings is 2. The number of carbonyl (C=O) groups excluding carboxylic acids is 3. The average Bonchev–Trinajstić information content (AvgIpc) is 3.18. The maximum absolute atomic E-state index is 15.0. The molecule has 0 fully saturated rings. The topological polar surface area (TPSA) is 88.1 Å². The highest BCUT2D eigenvalue weighted by Crippen LogP contribution is 2.47. The molecule has 322 valence electrons. The molecule has 0 saturated heterocycles. The molecule has 2 aromatic carbocycles.